The van der Waals surface area contributed by atoms with Gasteiger partial charge in [-0.15, -0.1) is 0 Å². The van der Waals surface area contributed by atoms with Crippen LogP contribution in [0.3, 0.4) is 0 Å². The van der Waals surface area contributed by atoms with Gasteiger partial charge in [0.1, 0.15) is 0 Å². The summed E-state index contributed by atoms with van der Waals surface area (Å²) in [6, 6.07) is 0. The van der Waals surface area contributed by atoms with E-state index in [0.717, 1.165) is 19.3 Å². The lowest BCUT2D eigenvalue weighted by molar-refractivity contribution is 0.00329. The molecular weight excluding hydrogens is 208 g/mol. The average molecular weight is 236 g/mol. The Morgan fingerprint density at radius 1 is 1.47 bits per heavy atom. The highest BCUT2D eigenvalue weighted by atomic mass is 16.3. The summed E-state index contributed by atoms with van der Waals surface area (Å²) in [7, 11) is 0. The van der Waals surface area contributed by atoms with Gasteiger partial charge < -0.3 is 5.11 Å². The maximum absolute atomic E-state index is 10.3. The van der Waals surface area contributed by atoms with Crippen LogP contribution in [-0.4, -0.2) is 10.7 Å². The van der Waals surface area contributed by atoms with Gasteiger partial charge in [-0.1, -0.05) is 43.6 Å². The first-order valence-electron chi connectivity index (χ1n) is 7.00. The molecule has 0 radical (unpaired) electrons. The van der Waals surface area contributed by atoms with Crippen LogP contribution < -0.4 is 0 Å². The Labute approximate surface area is 107 Å². The van der Waals surface area contributed by atoms with Gasteiger partial charge in [-0.25, -0.2) is 0 Å². The third-order valence-corrected chi connectivity index (χ3v) is 4.03. The molecule has 98 valence electrons. The topological polar surface area (TPSA) is 20.2 Å². The molecule has 0 amide bonds. The predicted molar refractivity (Wildman–Crippen MR) is 74.9 cm³/mol. The number of hydrogen-bond donors (Lipinski definition) is 1. The van der Waals surface area contributed by atoms with Crippen molar-refractivity contribution in [2.45, 2.75) is 65.4 Å². The molecule has 0 saturated heterocycles. The molecule has 1 rings (SSSR count). The SMILES string of the molecule is CCCC[C@H](C[C@@H]1CC=CC=C1C)C(C)(C)O. The molecule has 0 aromatic rings. The van der Waals surface area contributed by atoms with E-state index in [-0.39, 0.29) is 0 Å². The second kappa shape index (κ2) is 6.39. The molecule has 0 heterocycles. The minimum Gasteiger partial charge on any atom is -0.390 e. The minimum atomic E-state index is -0.545. The van der Waals surface area contributed by atoms with E-state index in [0.29, 0.717) is 11.8 Å². The average Bonchev–Trinajstić information content (AvgIpc) is 2.25. The number of rotatable bonds is 6. The van der Waals surface area contributed by atoms with Crippen LogP contribution in [0.15, 0.2) is 23.8 Å². The van der Waals surface area contributed by atoms with Crippen molar-refractivity contribution in [1.82, 2.24) is 0 Å². The summed E-state index contributed by atoms with van der Waals surface area (Å²) in [5, 5.41) is 10.3. The van der Waals surface area contributed by atoms with Crippen molar-refractivity contribution in [2.24, 2.45) is 11.8 Å². The fourth-order valence-corrected chi connectivity index (χ4v) is 2.62. The quantitative estimate of drug-likeness (QED) is 0.721. The van der Waals surface area contributed by atoms with Crippen molar-refractivity contribution in [3.8, 4) is 0 Å². The van der Waals surface area contributed by atoms with E-state index in [1.54, 1.807) is 0 Å². The van der Waals surface area contributed by atoms with Crippen LogP contribution in [0.5, 0.6) is 0 Å². The highest BCUT2D eigenvalue weighted by Gasteiger charge is 2.29. The molecular formula is C16H28O. The molecule has 0 saturated carbocycles. The van der Waals surface area contributed by atoms with Crippen LogP contribution in [0, 0.1) is 11.8 Å². The van der Waals surface area contributed by atoms with Crippen molar-refractivity contribution < 1.29 is 5.11 Å². The summed E-state index contributed by atoms with van der Waals surface area (Å²) in [6.45, 7) is 8.36. The number of allylic oxidation sites excluding steroid dienone is 4. The second-order valence-corrected chi connectivity index (χ2v) is 6.00. The smallest absolute Gasteiger partial charge is 0.0620 e. The van der Waals surface area contributed by atoms with E-state index in [1.807, 2.05) is 13.8 Å². The van der Waals surface area contributed by atoms with Gasteiger partial charge in [0.2, 0.25) is 0 Å². The summed E-state index contributed by atoms with van der Waals surface area (Å²) in [6.07, 6.45) is 12.5. The first-order chi connectivity index (χ1) is 7.95. The van der Waals surface area contributed by atoms with Crippen molar-refractivity contribution >= 4 is 0 Å². The highest BCUT2D eigenvalue weighted by molar-refractivity contribution is 5.19. The Balaban J connectivity index is 2.60. The van der Waals surface area contributed by atoms with Crippen LogP contribution in [-0.2, 0) is 0 Å². The number of aliphatic hydroxyl groups is 1. The predicted octanol–water partition coefficient (Wildman–Crippen LogP) is 4.48. The molecule has 1 aliphatic carbocycles. The van der Waals surface area contributed by atoms with Crippen molar-refractivity contribution in [1.29, 1.82) is 0 Å². The van der Waals surface area contributed by atoms with Crippen molar-refractivity contribution in [3.63, 3.8) is 0 Å². The lowest BCUT2D eigenvalue weighted by atomic mass is 9.76. The van der Waals surface area contributed by atoms with E-state index >= 15 is 0 Å². The van der Waals surface area contributed by atoms with Gasteiger partial charge in [0.15, 0.2) is 0 Å². The van der Waals surface area contributed by atoms with E-state index < -0.39 is 5.60 Å². The molecule has 0 aromatic heterocycles. The van der Waals surface area contributed by atoms with Crippen molar-refractivity contribution in [3.05, 3.63) is 23.8 Å². The van der Waals surface area contributed by atoms with E-state index in [9.17, 15) is 5.11 Å². The number of hydrogen-bond acceptors (Lipinski definition) is 1. The van der Waals surface area contributed by atoms with Crippen LogP contribution in [0.2, 0.25) is 0 Å². The molecule has 0 aromatic carbocycles. The van der Waals surface area contributed by atoms with Gasteiger partial charge in [0.05, 0.1) is 5.60 Å². The van der Waals surface area contributed by atoms with E-state index in [1.165, 1.54) is 18.4 Å². The maximum Gasteiger partial charge on any atom is 0.0620 e. The molecule has 0 fully saturated rings. The fraction of sp³-hybridized carbons (Fsp3) is 0.750. The zero-order chi connectivity index (χ0) is 12.9. The Morgan fingerprint density at radius 2 is 2.18 bits per heavy atom. The summed E-state index contributed by atoms with van der Waals surface area (Å²) in [5.41, 5.74) is 0.926. The standard InChI is InChI=1S/C16H28O/c1-5-6-11-15(16(3,4)17)12-14-10-8-7-9-13(14)2/h7-9,14-15,17H,5-6,10-12H2,1-4H3/t14-,15+/m0/s1. The lowest BCUT2D eigenvalue weighted by Crippen LogP contribution is -2.32. The van der Waals surface area contributed by atoms with E-state index in [4.69, 9.17) is 0 Å². The van der Waals surface area contributed by atoms with Gasteiger partial charge in [0, 0.05) is 0 Å². The Kier molecular flexibility index (Phi) is 5.45. The molecule has 1 nitrogen and oxygen atoms in total. The molecule has 0 aliphatic heterocycles. The van der Waals surface area contributed by atoms with Crippen LogP contribution in [0.4, 0.5) is 0 Å². The summed E-state index contributed by atoms with van der Waals surface area (Å²) in [5.74, 6) is 1.05. The Bertz CT molecular complexity index is 280. The number of unbranched alkanes of at least 4 members (excludes halogenated alkanes) is 1. The van der Waals surface area contributed by atoms with Gasteiger partial charge in [0.25, 0.3) is 0 Å². The minimum absolute atomic E-state index is 0.419. The fourth-order valence-electron chi connectivity index (χ4n) is 2.62. The zero-order valence-corrected chi connectivity index (χ0v) is 11.9. The Hall–Kier alpha value is -0.560. The van der Waals surface area contributed by atoms with E-state index in [2.05, 4.69) is 32.1 Å². The lowest BCUT2D eigenvalue weighted by Gasteiger charge is -2.33. The molecule has 1 aliphatic rings. The monoisotopic (exact) mass is 236 g/mol. The Morgan fingerprint density at radius 3 is 2.71 bits per heavy atom. The molecule has 0 bridgehead atoms. The van der Waals surface area contributed by atoms with Crippen LogP contribution in [0.1, 0.15) is 59.8 Å². The first kappa shape index (κ1) is 14.5. The third-order valence-electron chi connectivity index (χ3n) is 4.03. The molecule has 2 atom stereocenters. The molecule has 0 spiro atoms. The summed E-state index contributed by atoms with van der Waals surface area (Å²) < 4.78 is 0. The van der Waals surface area contributed by atoms with Crippen LogP contribution >= 0.6 is 0 Å². The van der Waals surface area contributed by atoms with Crippen LogP contribution in [0.25, 0.3) is 0 Å². The first-order valence-corrected chi connectivity index (χ1v) is 7.00. The normalized spacial score (nSPS) is 22.4. The molecule has 1 heteroatoms. The van der Waals surface area contributed by atoms with Crippen molar-refractivity contribution in [2.75, 3.05) is 0 Å². The van der Waals surface area contributed by atoms with Gasteiger partial charge in [-0.2, -0.15) is 0 Å². The molecule has 17 heavy (non-hydrogen) atoms. The van der Waals surface area contributed by atoms with Gasteiger partial charge in [-0.05, 0) is 51.9 Å². The zero-order valence-electron chi connectivity index (χ0n) is 11.9. The summed E-state index contributed by atoms with van der Waals surface area (Å²) >= 11 is 0. The second-order valence-electron chi connectivity index (χ2n) is 6.00. The molecule has 1 N–H and O–H groups in total. The maximum atomic E-state index is 10.3. The largest absolute Gasteiger partial charge is 0.390 e. The third kappa shape index (κ3) is 4.67. The molecule has 0 unspecified atom stereocenters. The van der Waals surface area contributed by atoms with Gasteiger partial charge >= 0.3 is 0 Å². The summed E-state index contributed by atoms with van der Waals surface area (Å²) in [4.78, 5) is 0. The van der Waals surface area contributed by atoms with Gasteiger partial charge in [-0.3, -0.25) is 0 Å². The highest BCUT2D eigenvalue weighted by Crippen LogP contribution is 2.34.